The average molecular weight is 526 g/mol. The lowest BCUT2D eigenvalue weighted by Crippen LogP contribution is -2.60. The summed E-state index contributed by atoms with van der Waals surface area (Å²) in [6, 6.07) is 0. The van der Waals surface area contributed by atoms with Crippen LogP contribution in [0.5, 0.6) is 0 Å². The van der Waals surface area contributed by atoms with Crippen LogP contribution >= 0.6 is 30.2 Å². The molecule has 0 amide bonds. The van der Waals surface area contributed by atoms with Crippen LogP contribution in [0.25, 0.3) is 0 Å². The van der Waals surface area contributed by atoms with Gasteiger partial charge in [0.25, 0.3) is 0 Å². The summed E-state index contributed by atoms with van der Waals surface area (Å²) in [7, 11) is -5.54. The van der Waals surface area contributed by atoms with Crippen molar-refractivity contribution in [2.75, 3.05) is 13.2 Å². The van der Waals surface area contributed by atoms with Gasteiger partial charge >= 0.3 is 29.3 Å². The van der Waals surface area contributed by atoms with E-state index in [9.17, 15) is 48.5 Å². The fraction of sp³-hybridized carbons (Fsp3) is 0.800. The van der Waals surface area contributed by atoms with Crippen LogP contribution in [0.1, 0.15) is 13.8 Å². The predicted octanol–water partition coefficient (Wildman–Crippen LogP) is 6.29. The van der Waals surface area contributed by atoms with E-state index in [2.05, 4.69) is 9.05 Å². The zero-order valence-electron chi connectivity index (χ0n) is 12.2. The molecule has 15 heteroatoms. The van der Waals surface area contributed by atoms with Gasteiger partial charge in [-0.15, -0.1) is 0 Å². The van der Waals surface area contributed by atoms with Crippen molar-refractivity contribution in [2.45, 2.75) is 35.5 Å². The number of halogens is 11. The minimum absolute atomic E-state index is 0.565. The van der Waals surface area contributed by atoms with Crippen LogP contribution < -0.4 is 0 Å². The number of rotatable bonds is 9. The molecule has 150 valence electrons. The van der Waals surface area contributed by atoms with Gasteiger partial charge in [0.2, 0.25) is 11.4 Å². The summed E-state index contributed by atoms with van der Waals surface area (Å²) < 4.78 is 146. The molecule has 0 aromatic rings. The van der Waals surface area contributed by atoms with Crippen LogP contribution in [0.3, 0.4) is 0 Å². The van der Waals surface area contributed by atoms with Crippen molar-refractivity contribution in [3.05, 3.63) is 11.4 Å². The molecule has 0 aromatic heterocycles. The molecule has 0 aliphatic carbocycles. The molecule has 0 radical (unpaired) electrons. The molecule has 0 aromatic carbocycles. The van der Waals surface area contributed by atoms with Crippen molar-refractivity contribution >= 4 is 30.2 Å². The molecule has 25 heavy (non-hydrogen) atoms. The second-order valence-corrected chi connectivity index (χ2v) is 7.42. The molecule has 0 aliphatic heterocycles. The summed E-state index contributed by atoms with van der Waals surface area (Å²) in [5.74, 6) is -24.6. The molecule has 0 aliphatic rings. The van der Waals surface area contributed by atoms with Gasteiger partial charge in [-0.1, -0.05) is 0 Å². The van der Waals surface area contributed by atoms with Gasteiger partial charge in [-0.25, -0.2) is 4.39 Å². The van der Waals surface area contributed by atoms with E-state index in [1.54, 1.807) is 0 Å². The molecular weight excluding hydrogens is 516 g/mol. The third kappa shape index (κ3) is 4.43. The van der Waals surface area contributed by atoms with E-state index >= 15 is 0 Å². The molecule has 0 atom stereocenters. The van der Waals surface area contributed by atoms with E-state index in [4.69, 9.17) is 0 Å². The minimum Gasteiger partial charge on any atom is -0.304 e. The van der Waals surface area contributed by atoms with Crippen molar-refractivity contribution < 1.29 is 57.5 Å². The van der Waals surface area contributed by atoms with E-state index in [1.807, 2.05) is 0 Å². The topological polar surface area (TPSA) is 35.5 Å². The molecule has 0 saturated heterocycles. The minimum atomic E-state index is -7.09. The van der Waals surface area contributed by atoms with Crippen LogP contribution in [0.15, 0.2) is 11.4 Å². The Balaban J connectivity index is 6.35. The largest absolute Gasteiger partial charge is 0.392 e. The lowest BCUT2D eigenvalue weighted by atomic mass is 10.0. The second-order valence-electron chi connectivity index (χ2n) is 4.16. The highest BCUT2D eigenvalue weighted by Crippen LogP contribution is 2.63. The highest BCUT2D eigenvalue weighted by atomic mass is 127. The maximum absolute atomic E-state index is 13.7. The van der Waals surface area contributed by atoms with Crippen molar-refractivity contribution in [3.63, 3.8) is 0 Å². The molecule has 0 rings (SSSR count). The van der Waals surface area contributed by atoms with Crippen molar-refractivity contribution in [3.8, 4) is 0 Å². The Kier molecular flexibility index (Phi) is 7.86. The summed E-state index contributed by atoms with van der Waals surface area (Å²) in [6.45, 7) is 0.548. The van der Waals surface area contributed by atoms with Crippen LogP contribution in [-0.4, -0.2) is 34.9 Å². The standard InChI is InChI=1S/C10H10F10IO3P/c1-3-23-25(22,24-4-2)6(12)5(11)7(13,14)8(15,16)9(17,18)10(19,20)21/h3-4H2,1-2H3. The molecule has 0 saturated carbocycles. The first-order valence-electron chi connectivity index (χ1n) is 6.09. The van der Waals surface area contributed by atoms with Crippen LogP contribution in [0.4, 0.5) is 43.9 Å². The van der Waals surface area contributed by atoms with Crippen LogP contribution in [0, 0.1) is 0 Å². The second kappa shape index (κ2) is 7.89. The summed E-state index contributed by atoms with van der Waals surface area (Å²) in [5.41, 5.74) is -3.23. The van der Waals surface area contributed by atoms with Crippen molar-refractivity contribution in [1.29, 1.82) is 0 Å². The Hall–Kier alpha value is -0.0800. The van der Waals surface area contributed by atoms with E-state index in [-0.39, 0.29) is 0 Å². The van der Waals surface area contributed by atoms with E-state index in [1.165, 1.54) is 0 Å². The molecule has 3 nitrogen and oxygen atoms in total. The Labute approximate surface area is 148 Å². The fourth-order valence-corrected chi connectivity index (χ4v) is 2.95. The monoisotopic (exact) mass is 526 g/mol. The lowest BCUT2D eigenvalue weighted by molar-refractivity contribution is -0.335. The molecule has 0 heterocycles. The third-order valence-corrected chi connectivity index (χ3v) is 4.99. The average Bonchev–Trinajstić information content (AvgIpc) is 2.44. The van der Waals surface area contributed by atoms with Crippen molar-refractivity contribution in [1.82, 2.24) is 0 Å². The predicted molar refractivity (Wildman–Crippen MR) is 73.9 cm³/mol. The van der Waals surface area contributed by atoms with E-state index in [0.717, 1.165) is 13.8 Å². The van der Waals surface area contributed by atoms with Crippen LogP contribution in [0.2, 0.25) is 0 Å². The first-order chi connectivity index (χ1) is 10.9. The summed E-state index contributed by atoms with van der Waals surface area (Å²) in [5, 5.41) is 0. The molecule has 0 unspecified atom stereocenters. The van der Waals surface area contributed by atoms with E-state index in [0.29, 0.717) is 0 Å². The van der Waals surface area contributed by atoms with E-state index < -0.39 is 76.5 Å². The van der Waals surface area contributed by atoms with Gasteiger partial charge in [0.05, 0.1) is 13.2 Å². The Morgan fingerprint density at radius 3 is 1.52 bits per heavy atom. The summed E-state index contributed by atoms with van der Waals surface area (Å²) >= 11 is -0.565. The Morgan fingerprint density at radius 2 is 1.24 bits per heavy atom. The van der Waals surface area contributed by atoms with Gasteiger partial charge < -0.3 is 9.05 Å². The lowest BCUT2D eigenvalue weighted by Gasteiger charge is -2.34. The zero-order chi connectivity index (χ0) is 20.5. The molecule has 0 N–H and O–H groups in total. The Bertz CT molecular complexity index is 550. The third-order valence-electron chi connectivity index (χ3n) is 2.44. The van der Waals surface area contributed by atoms with Gasteiger partial charge in [-0.3, -0.25) is 4.57 Å². The van der Waals surface area contributed by atoms with Crippen LogP contribution in [-0.2, 0) is 13.6 Å². The maximum Gasteiger partial charge on any atom is 0.392 e. The number of hydrogen-bond donors (Lipinski definition) is 0. The molecular formula is C10H10F10IO3P. The van der Waals surface area contributed by atoms with Gasteiger partial charge in [0.15, 0.2) is 0 Å². The fourth-order valence-electron chi connectivity index (χ4n) is 1.25. The first-order valence-corrected chi connectivity index (χ1v) is 8.71. The zero-order valence-corrected chi connectivity index (χ0v) is 15.3. The van der Waals surface area contributed by atoms with Gasteiger partial charge in [-0.05, 0) is 13.8 Å². The van der Waals surface area contributed by atoms with Gasteiger partial charge in [0.1, 0.15) is 0 Å². The highest BCUT2D eigenvalue weighted by Gasteiger charge is 2.82. The number of hydrogen-bond acceptors (Lipinski definition) is 3. The summed E-state index contributed by atoms with van der Waals surface area (Å²) in [6.07, 6.45) is 0. The Morgan fingerprint density at radius 1 is 0.880 bits per heavy atom. The molecule has 0 spiro atoms. The maximum atomic E-state index is 13.7. The quantitative estimate of drug-likeness (QED) is 0.153. The summed E-state index contributed by atoms with van der Waals surface area (Å²) in [4.78, 5) is 0. The highest BCUT2D eigenvalue weighted by molar-refractivity contribution is 14.1. The first kappa shape index (κ1) is 24.9. The number of alkyl halides is 9. The SMILES string of the molecule is CCOP(=O)(OCC)C(F)=C(F)C(F)(F)C(F)(F)C(F)(F)C(F)(F)I. The number of allylic oxidation sites excluding steroid dienone is 1. The normalized spacial score (nSPS) is 16.0. The molecule has 0 bridgehead atoms. The van der Waals surface area contributed by atoms with Crippen molar-refractivity contribution in [2.24, 2.45) is 0 Å². The molecule has 0 fully saturated rings. The van der Waals surface area contributed by atoms with Gasteiger partial charge in [0, 0.05) is 22.6 Å². The van der Waals surface area contributed by atoms with Gasteiger partial charge in [-0.2, -0.15) is 39.5 Å². The smallest absolute Gasteiger partial charge is 0.304 e.